The number of nitrogens with zero attached hydrogens (tertiary/aromatic N) is 2. The fourth-order valence-corrected chi connectivity index (χ4v) is 3.10. The number of hydrogen-bond donors (Lipinski definition) is 1. The Hall–Kier alpha value is -0.360. The lowest BCUT2D eigenvalue weighted by Gasteiger charge is -2.29. The van der Waals surface area contributed by atoms with Crippen LogP contribution < -0.4 is 5.73 Å². The van der Waals surface area contributed by atoms with Crippen LogP contribution in [0.3, 0.4) is 0 Å². The topological polar surface area (TPSA) is 59.2 Å². The first-order chi connectivity index (χ1) is 8.56. The van der Waals surface area contributed by atoms with E-state index in [1.165, 1.54) is 0 Å². The summed E-state index contributed by atoms with van der Waals surface area (Å²) in [7, 11) is 0. The molecular formula is C13H23Cl2N3OS. The standard InChI is InChI=1S/C13H21N3OS.2ClH/c1-9(2)7-12-15-11(8-18-12)13(17)16-5-3-10(14)4-6-16;;/h8-10H,3-7,14H2,1-2H3;2*1H. The van der Waals surface area contributed by atoms with Crippen molar-refractivity contribution in [1.82, 2.24) is 9.88 Å². The molecule has 0 aliphatic carbocycles. The molecule has 2 N–H and O–H groups in total. The highest BCUT2D eigenvalue weighted by atomic mass is 35.5. The van der Waals surface area contributed by atoms with E-state index in [0.29, 0.717) is 11.6 Å². The van der Waals surface area contributed by atoms with Crippen LogP contribution in [0.25, 0.3) is 0 Å². The molecular weight excluding hydrogens is 317 g/mol. The summed E-state index contributed by atoms with van der Waals surface area (Å²) < 4.78 is 0. The molecule has 0 spiro atoms. The SMILES string of the molecule is CC(C)Cc1nc(C(=O)N2CCC(N)CC2)cs1.Cl.Cl. The molecule has 1 aromatic heterocycles. The van der Waals surface area contributed by atoms with Gasteiger partial charge in [0.05, 0.1) is 5.01 Å². The van der Waals surface area contributed by atoms with Crippen LogP contribution >= 0.6 is 36.2 Å². The van der Waals surface area contributed by atoms with Gasteiger partial charge in [-0.1, -0.05) is 13.8 Å². The first-order valence-electron chi connectivity index (χ1n) is 6.55. The molecule has 0 atom stereocenters. The quantitative estimate of drug-likeness (QED) is 0.920. The Kier molecular flexibility index (Phi) is 8.66. The summed E-state index contributed by atoms with van der Waals surface area (Å²) in [6.45, 7) is 5.85. The first-order valence-corrected chi connectivity index (χ1v) is 7.43. The van der Waals surface area contributed by atoms with Crippen molar-refractivity contribution in [2.24, 2.45) is 11.7 Å². The predicted octanol–water partition coefficient (Wildman–Crippen LogP) is 2.75. The molecule has 1 fully saturated rings. The van der Waals surface area contributed by atoms with Gasteiger partial charge in [0.25, 0.3) is 5.91 Å². The largest absolute Gasteiger partial charge is 0.337 e. The van der Waals surface area contributed by atoms with Crippen LogP contribution in [0.4, 0.5) is 0 Å². The van der Waals surface area contributed by atoms with E-state index < -0.39 is 0 Å². The summed E-state index contributed by atoms with van der Waals surface area (Å²) in [5, 5.41) is 2.94. The second-order valence-electron chi connectivity index (χ2n) is 5.35. The van der Waals surface area contributed by atoms with Crippen LogP contribution in [-0.4, -0.2) is 34.9 Å². The third-order valence-corrected chi connectivity index (χ3v) is 4.05. The van der Waals surface area contributed by atoms with Gasteiger partial charge in [0.15, 0.2) is 0 Å². The van der Waals surface area contributed by atoms with Crippen molar-refractivity contribution in [3.63, 3.8) is 0 Å². The fraction of sp³-hybridized carbons (Fsp3) is 0.692. The van der Waals surface area contributed by atoms with Gasteiger partial charge < -0.3 is 10.6 Å². The third kappa shape index (κ3) is 5.20. The number of likely N-dealkylation sites (tertiary alicyclic amines) is 1. The zero-order valence-electron chi connectivity index (χ0n) is 11.9. The van der Waals surface area contributed by atoms with Crippen molar-refractivity contribution in [1.29, 1.82) is 0 Å². The van der Waals surface area contributed by atoms with Crippen molar-refractivity contribution in [3.05, 3.63) is 16.1 Å². The van der Waals surface area contributed by atoms with E-state index in [9.17, 15) is 4.79 Å². The van der Waals surface area contributed by atoms with Gasteiger partial charge in [-0.15, -0.1) is 36.2 Å². The molecule has 1 aromatic rings. The maximum absolute atomic E-state index is 12.2. The van der Waals surface area contributed by atoms with Crippen LogP contribution in [0.2, 0.25) is 0 Å². The normalized spacial score (nSPS) is 15.7. The molecule has 2 rings (SSSR count). The number of carbonyl (C=O) groups excluding carboxylic acids is 1. The van der Waals surface area contributed by atoms with Crippen molar-refractivity contribution in [2.75, 3.05) is 13.1 Å². The number of amides is 1. The third-order valence-electron chi connectivity index (χ3n) is 3.18. The Balaban J connectivity index is 0.00000180. The van der Waals surface area contributed by atoms with Gasteiger partial charge in [0.2, 0.25) is 0 Å². The number of hydrogen-bond acceptors (Lipinski definition) is 4. The van der Waals surface area contributed by atoms with E-state index in [4.69, 9.17) is 5.73 Å². The summed E-state index contributed by atoms with van der Waals surface area (Å²) in [5.41, 5.74) is 6.45. The monoisotopic (exact) mass is 339 g/mol. The van der Waals surface area contributed by atoms with Crippen LogP contribution in [0, 0.1) is 5.92 Å². The number of piperidine rings is 1. The summed E-state index contributed by atoms with van der Waals surface area (Å²) >= 11 is 1.59. The van der Waals surface area contributed by atoms with Gasteiger partial charge in [-0.25, -0.2) is 4.98 Å². The lowest BCUT2D eigenvalue weighted by atomic mass is 10.1. The molecule has 0 unspecified atom stereocenters. The van der Waals surface area contributed by atoms with Crippen molar-refractivity contribution >= 4 is 42.1 Å². The second-order valence-corrected chi connectivity index (χ2v) is 6.30. The number of rotatable bonds is 3. The van der Waals surface area contributed by atoms with Crippen molar-refractivity contribution in [3.8, 4) is 0 Å². The minimum Gasteiger partial charge on any atom is -0.337 e. The van der Waals surface area contributed by atoms with Gasteiger partial charge in [0.1, 0.15) is 5.69 Å². The molecule has 0 saturated carbocycles. The molecule has 4 nitrogen and oxygen atoms in total. The van der Waals surface area contributed by atoms with Crippen LogP contribution in [0.1, 0.15) is 42.2 Å². The Morgan fingerprint density at radius 2 is 2.05 bits per heavy atom. The first kappa shape index (κ1) is 19.6. The van der Waals surface area contributed by atoms with E-state index in [1.54, 1.807) is 11.3 Å². The molecule has 7 heteroatoms. The minimum absolute atomic E-state index is 0. The van der Waals surface area contributed by atoms with Crippen molar-refractivity contribution in [2.45, 2.75) is 39.2 Å². The highest BCUT2D eigenvalue weighted by Crippen LogP contribution is 2.17. The summed E-state index contributed by atoms with van der Waals surface area (Å²) in [6, 6.07) is 0.251. The Morgan fingerprint density at radius 1 is 1.45 bits per heavy atom. The number of thiazole rings is 1. The van der Waals surface area contributed by atoms with Gasteiger partial charge in [0, 0.05) is 30.9 Å². The van der Waals surface area contributed by atoms with E-state index in [2.05, 4.69) is 18.8 Å². The van der Waals surface area contributed by atoms with Crippen molar-refractivity contribution < 1.29 is 4.79 Å². The van der Waals surface area contributed by atoms with Gasteiger partial charge in [-0.05, 0) is 18.8 Å². The molecule has 1 saturated heterocycles. The van der Waals surface area contributed by atoms with Crippen LogP contribution in [0.15, 0.2) is 5.38 Å². The molecule has 1 aliphatic heterocycles. The van der Waals surface area contributed by atoms with E-state index in [1.807, 2.05) is 10.3 Å². The molecule has 0 radical (unpaired) electrons. The minimum atomic E-state index is 0. The highest BCUT2D eigenvalue weighted by Gasteiger charge is 2.23. The molecule has 116 valence electrons. The number of aromatic nitrogens is 1. The molecule has 0 bridgehead atoms. The molecule has 1 aliphatic rings. The van der Waals surface area contributed by atoms with Crippen LogP contribution in [0.5, 0.6) is 0 Å². The molecule has 1 amide bonds. The Labute approximate surface area is 137 Å². The number of halogens is 2. The Bertz CT molecular complexity index is 418. The van der Waals surface area contributed by atoms with E-state index in [0.717, 1.165) is 37.4 Å². The van der Waals surface area contributed by atoms with Gasteiger partial charge in [-0.2, -0.15) is 0 Å². The zero-order chi connectivity index (χ0) is 13.1. The summed E-state index contributed by atoms with van der Waals surface area (Å²) in [4.78, 5) is 18.5. The lowest BCUT2D eigenvalue weighted by Crippen LogP contribution is -2.42. The average molecular weight is 340 g/mol. The number of carbonyl (C=O) groups is 1. The zero-order valence-corrected chi connectivity index (χ0v) is 14.3. The van der Waals surface area contributed by atoms with E-state index in [-0.39, 0.29) is 36.8 Å². The predicted molar refractivity (Wildman–Crippen MR) is 88.3 cm³/mol. The Morgan fingerprint density at radius 3 is 2.60 bits per heavy atom. The summed E-state index contributed by atoms with van der Waals surface area (Å²) in [5.74, 6) is 0.639. The van der Waals surface area contributed by atoms with Gasteiger partial charge >= 0.3 is 0 Å². The van der Waals surface area contributed by atoms with Gasteiger partial charge in [-0.3, -0.25) is 4.79 Å². The molecule has 20 heavy (non-hydrogen) atoms. The maximum Gasteiger partial charge on any atom is 0.273 e. The molecule has 2 heterocycles. The number of nitrogens with two attached hydrogens (primary N) is 1. The average Bonchev–Trinajstić information content (AvgIpc) is 2.76. The fourth-order valence-electron chi connectivity index (χ4n) is 2.12. The smallest absolute Gasteiger partial charge is 0.273 e. The maximum atomic E-state index is 12.2. The van der Waals surface area contributed by atoms with Crippen LogP contribution in [-0.2, 0) is 6.42 Å². The summed E-state index contributed by atoms with van der Waals surface area (Å²) in [6.07, 6.45) is 2.74. The van der Waals surface area contributed by atoms with E-state index >= 15 is 0 Å². The molecule has 0 aromatic carbocycles. The highest BCUT2D eigenvalue weighted by molar-refractivity contribution is 7.09. The lowest BCUT2D eigenvalue weighted by molar-refractivity contribution is 0.0709. The second kappa shape index (κ2) is 8.82.